The van der Waals surface area contributed by atoms with Gasteiger partial charge >= 0.3 is 5.97 Å². The first kappa shape index (κ1) is 26.6. The van der Waals surface area contributed by atoms with Gasteiger partial charge in [0.1, 0.15) is 0 Å². The minimum Gasteiger partial charge on any atom is -0.479 e. The number of benzene rings is 4. The van der Waals surface area contributed by atoms with E-state index in [0.29, 0.717) is 12.8 Å². The Morgan fingerprint density at radius 1 is 0.769 bits per heavy atom. The van der Waals surface area contributed by atoms with E-state index in [1.807, 2.05) is 66.7 Å². The summed E-state index contributed by atoms with van der Waals surface area (Å²) in [5.74, 6) is 5.36. The lowest BCUT2D eigenvalue weighted by Gasteiger charge is -2.32. The SMILES string of the molecule is O=C(COc1cc([S+](c2ccccc2)c2ccccc2)ccc1F)OC1(C#Cc2ccccc2)CCCCC1. The van der Waals surface area contributed by atoms with Crippen LogP contribution in [0.3, 0.4) is 0 Å². The fourth-order valence-electron chi connectivity index (χ4n) is 4.71. The Balaban J connectivity index is 1.33. The van der Waals surface area contributed by atoms with Gasteiger partial charge in [0.2, 0.25) is 0 Å². The lowest BCUT2D eigenvalue weighted by molar-refractivity contribution is -0.159. The van der Waals surface area contributed by atoms with Crippen LogP contribution in [0.5, 0.6) is 5.75 Å². The Morgan fingerprint density at radius 2 is 1.36 bits per heavy atom. The van der Waals surface area contributed by atoms with Crippen molar-refractivity contribution < 1.29 is 18.7 Å². The Labute approximate surface area is 232 Å². The Morgan fingerprint density at radius 3 is 1.97 bits per heavy atom. The van der Waals surface area contributed by atoms with Gasteiger partial charge in [0.15, 0.2) is 38.5 Å². The summed E-state index contributed by atoms with van der Waals surface area (Å²) < 4.78 is 26.5. The second kappa shape index (κ2) is 12.7. The van der Waals surface area contributed by atoms with Gasteiger partial charge in [0.05, 0.1) is 10.9 Å². The number of carbonyl (C=O) groups is 1. The predicted octanol–water partition coefficient (Wildman–Crippen LogP) is 7.60. The average Bonchev–Trinajstić information content (AvgIpc) is 2.98. The second-order valence-corrected chi connectivity index (χ2v) is 11.5. The molecule has 3 nitrogen and oxygen atoms in total. The van der Waals surface area contributed by atoms with Crippen LogP contribution in [-0.4, -0.2) is 18.2 Å². The molecule has 5 heteroatoms. The van der Waals surface area contributed by atoms with Crippen molar-refractivity contribution in [1.29, 1.82) is 0 Å². The molecule has 0 saturated heterocycles. The lowest BCUT2D eigenvalue weighted by atomic mass is 9.85. The highest BCUT2D eigenvalue weighted by molar-refractivity contribution is 7.97. The fraction of sp³-hybridized carbons (Fsp3) is 0.206. The summed E-state index contributed by atoms with van der Waals surface area (Å²) in [6, 6.07) is 34.7. The zero-order valence-electron chi connectivity index (χ0n) is 21.6. The Hall–Kier alpha value is -4.01. The standard InChI is InChI=1S/C34H30FO3S/c35-31-20-19-30(39(28-15-7-2-8-16-28)29-17-9-3-10-18-29)25-32(31)37-26-33(36)38-34(22-11-4-12-23-34)24-21-27-13-5-1-6-14-27/h1-3,5-10,13-20,25H,4,11-12,22-23,26H2/q+1. The number of hydrogen-bond donors (Lipinski definition) is 0. The second-order valence-electron chi connectivity index (χ2n) is 9.46. The molecule has 1 saturated carbocycles. The number of hydrogen-bond acceptors (Lipinski definition) is 3. The van der Waals surface area contributed by atoms with Gasteiger partial charge in [-0.25, -0.2) is 9.18 Å². The molecule has 196 valence electrons. The number of rotatable bonds is 7. The first-order valence-electron chi connectivity index (χ1n) is 13.2. The maximum absolute atomic E-state index is 14.8. The van der Waals surface area contributed by atoms with Crippen molar-refractivity contribution in [2.24, 2.45) is 0 Å². The van der Waals surface area contributed by atoms with Crippen LogP contribution in [-0.2, 0) is 20.4 Å². The molecule has 0 spiro atoms. The molecule has 0 unspecified atom stereocenters. The van der Waals surface area contributed by atoms with Crippen molar-refractivity contribution in [2.45, 2.75) is 52.4 Å². The molecule has 0 aromatic heterocycles. The van der Waals surface area contributed by atoms with Crippen LogP contribution in [0.15, 0.2) is 124 Å². The van der Waals surface area contributed by atoms with Gasteiger partial charge in [0, 0.05) is 11.6 Å². The van der Waals surface area contributed by atoms with Crippen molar-refractivity contribution >= 4 is 16.9 Å². The molecule has 0 aliphatic heterocycles. The summed E-state index contributed by atoms with van der Waals surface area (Å²) in [5, 5.41) is 0. The molecule has 1 aliphatic carbocycles. The van der Waals surface area contributed by atoms with Gasteiger partial charge in [-0.2, -0.15) is 0 Å². The van der Waals surface area contributed by atoms with E-state index in [1.54, 1.807) is 12.1 Å². The molecule has 0 N–H and O–H groups in total. The molecule has 0 heterocycles. The van der Waals surface area contributed by atoms with Gasteiger partial charge in [-0.3, -0.25) is 0 Å². The van der Waals surface area contributed by atoms with Crippen LogP contribution in [0, 0.1) is 17.7 Å². The van der Waals surface area contributed by atoms with E-state index in [0.717, 1.165) is 39.5 Å². The smallest absolute Gasteiger partial charge is 0.345 e. The quantitative estimate of drug-likeness (QED) is 0.138. The summed E-state index contributed by atoms with van der Waals surface area (Å²) in [4.78, 5) is 16.1. The van der Waals surface area contributed by atoms with E-state index in [9.17, 15) is 9.18 Å². The third-order valence-electron chi connectivity index (χ3n) is 6.62. The molecule has 0 radical (unpaired) electrons. The Bertz CT molecular complexity index is 1400. The molecular formula is C34H30FO3S+. The first-order chi connectivity index (χ1) is 19.1. The van der Waals surface area contributed by atoms with Crippen LogP contribution in [0.1, 0.15) is 37.7 Å². The molecule has 39 heavy (non-hydrogen) atoms. The van der Waals surface area contributed by atoms with E-state index in [2.05, 4.69) is 36.1 Å². The zero-order chi connectivity index (χ0) is 26.9. The van der Waals surface area contributed by atoms with Crippen molar-refractivity contribution in [3.05, 3.63) is 121 Å². The van der Waals surface area contributed by atoms with Crippen molar-refractivity contribution in [1.82, 2.24) is 0 Å². The monoisotopic (exact) mass is 537 g/mol. The molecule has 4 aromatic rings. The Kier molecular flexibility index (Phi) is 8.65. The highest BCUT2D eigenvalue weighted by Gasteiger charge is 2.35. The first-order valence-corrected chi connectivity index (χ1v) is 14.4. The third-order valence-corrected chi connectivity index (χ3v) is 8.83. The number of halogens is 1. The summed E-state index contributed by atoms with van der Waals surface area (Å²) in [6.07, 6.45) is 4.33. The van der Waals surface area contributed by atoms with Gasteiger partial charge in [0.25, 0.3) is 0 Å². The fourth-order valence-corrected chi connectivity index (χ4v) is 6.81. The summed E-state index contributed by atoms with van der Waals surface area (Å²) in [5.41, 5.74) is 0.0306. The normalized spacial score (nSPS) is 14.2. The van der Waals surface area contributed by atoms with Crippen LogP contribution < -0.4 is 4.74 Å². The third kappa shape index (κ3) is 6.90. The summed E-state index contributed by atoms with van der Waals surface area (Å²) in [6.45, 7) is -0.389. The van der Waals surface area contributed by atoms with Gasteiger partial charge in [-0.05, 0) is 80.1 Å². The average molecular weight is 538 g/mol. The van der Waals surface area contributed by atoms with Crippen LogP contribution in [0.2, 0.25) is 0 Å². The molecule has 4 aromatic carbocycles. The van der Waals surface area contributed by atoms with Crippen LogP contribution >= 0.6 is 0 Å². The van der Waals surface area contributed by atoms with Gasteiger partial charge in [-0.1, -0.05) is 66.9 Å². The predicted molar refractivity (Wildman–Crippen MR) is 152 cm³/mol. The van der Waals surface area contributed by atoms with E-state index >= 15 is 0 Å². The maximum Gasteiger partial charge on any atom is 0.345 e. The highest BCUT2D eigenvalue weighted by Crippen LogP contribution is 2.34. The lowest BCUT2D eigenvalue weighted by Crippen LogP contribution is -2.37. The molecule has 1 aliphatic rings. The minimum atomic E-state index is -0.845. The molecule has 5 rings (SSSR count). The summed E-state index contributed by atoms with van der Waals surface area (Å²) in [7, 11) is -0.462. The van der Waals surface area contributed by atoms with Crippen molar-refractivity contribution in [3.63, 3.8) is 0 Å². The molecular weight excluding hydrogens is 507 g/mol. The molecule has 0 atom stereocenters. The van der Waals surface area contributed by atoms with E-state index in [4.69, 9.17) is 9.47 Å². The van der Waals surface area contributed by atoms with Crippen molar-refractivity contribution in [2.75, 3.05) is 6.61 Å². The molecule has 0 amide bonds. The maximum atomic E-state index is 14.8. The largest absolute Gasteiger partial charge is 0.479 e. The van der Waals surface area contributed by atoms with Gasteiger partial charge in [-0.15, -0.1) is 0 Å². The summed E-state index contributed by atoms with van der Waals surface area (Å²) >= 11 is 0. The molecule has 0 bridgehead atoms. The number of ether oxygens (including phenoxy) is 2. The van der Waals surface area contributed by atoms with E-state index < -0.39 is 28.3 Å². The van der Waals surface area contributed by atoms with E-state index in [1.165, 1.54) is 6.07 Å². The van der Waals surface area contributed by atoms with Crippen LogP contribution in [0.4, 0.5) is 4.39 Å². The topological polar surface area (TPSA) is 35.5 Å². The molecule has 1 fully saturated rings. The number of esters is 1. The zero-order valence-corrected chi connectivity index (χ0v) is 22.5. The van der Waals surface area contributed by atoms with Gasteiger partial charge < -0.3 is 9.47 Å². The number of carbonyl (C=O) groups excluding carboxylic acids is 1. The van der Waals surface area contributed by atoms with Crippen molar-refractivity contribution in [3.8, 4) is 17.6 Å². The minimum absolute atomic E-state index is 0.0295. The van der Waals surface area contributed by atoms with E-state index in [-0.39, 0.29) is 12.4 Å². The van der Waals surface area contributed by atoms with Crippen LogP contribution in [0.25, 0.3) is 0 Å². The highest BCUT2D eigenvalue weighted by atomic mass is 32.2.